The van der Waals surface area contributed by atoms with Crippen molar-refractivity contribution in [2.45, 2.75) is 0 Å². The summed E-state index contributed by atoms with van der Waals surface area (Å²) in [5, 5.41) is 12.8. The lowest BCUT2D eigenvalue weighted by Crippen LogP contribution is -1.96. The Kier molecular flexibility index (Phi) is 3.66. The predicted molar refractivity (Wildman–Crippen MR) is 68.9 cm³/mol. The summed E-state index contributed by atoms with van der Waals surface area (Å²) in [7, 11) is 0. The fraction of sp³-hybridized carbons (Fsp3) is 0. The normalized spacial score (nSPS) is 10.4. The van der Waals surface area contributed by atoms with Crippen LogP contribution in [0.2, 0.25) is 0 Å². The third-order valence-electron chi connectivity index (χ3n) is 2.22. The van der Waals surface area contributed by atoms with E-state index in [-0.39, 0.29) is 5.56 Å². The lowest BCUT2D eigenvalue weighted by Gasteiger charge is -2.00. The van der Waals surface area contributed by atoms with Crippen molar-refractivity contribution < 1.29 is 9.90 Å². The van der Waals surface area contributed by atoms with Gasteiger partial charge in [-0.2, -0.15) is 5.10 Å². The number of hydrogen-bond acceptors (Lipinski definition) is 4. The smallest absolute Gasteiger partial charge is 0.335 e. The van der Waals surface area contributed by atoms with Crippen molar-refractivity contribution >= 4 is 17.9 Å². The van der Waals surface area contributed by atoms with Crippen molar-refractivity contribution in [2.24, 2.45) is 5.10 Å². The van der Waals surface area contributed by atoms with Gasteiger partial charge < -0.3 is 5.11 Å². The van der Waals surface area contributed by atoms with E-state index in [0.717, 1.165) is 11.3 Å². The van der Waals surface area contributed by atoms with Crippen LogP contribution in [0.1, 0.15) is 15.9 Å². The van der Waals surface area contributed by atoms with Gasteiger partial charge in [0.1, 0.15) is 0 Å². The van der Waals surface area contributed by atoms with Crippen LogP contribution in [0.5, 0.6) is 0 Å². The molecule has 2 rings (SSSR count). The van der Waals surface area contributed by atoms with Crippen molar-refractivity contribution in [3.8, 4) is 0 Å². The first kappa shape index (κ1) is 11.8. The molecule has 1 aromatic heterocycles. The molecule has 2 aromatic rings. The second kappa shape index (κ2) is 5.58. The highest BCUT2D eigenvalue weighted by molar-refractivity contribution is 5.88. The number of nitrogens with one attached hydrogen (secondary N) is 1. The predicted octanol–water partition coefficient (Wildman–Crippen LogP) is 2.23. The van der Waals surface area contributed by atoms with Crippen LogP contribution in [-0.4, -0.2) is 22.3 Å². The highest BCUT2D eigenvalue weighted by atomic mass is 16.4. The van der Waals surface area contributed by atoms with E-state index in [9.17, 15) is 4.79 Å². The average Bonchev–Trinajstić information content (AvgIpc) is 2.40. The van der Waals surface area contributed by atoms with Crippen molar-refractivity contribution in [1.29, 1.82) is 0 Å². The molecule has 0 spiro atoms. The molecule has 0 aliphatic carbocycles. The molecule has 0 radical (unpaired) electrons. The topological polar surface area (TPSA) is 74.6 Å². The zero-order valence-corrected chi connectivity index (χ0v) is 9.45. The van der Waals surface area contributed by atoms with E-state index in [4.69, 9.17) is 5.11 Å². The summed E-state index contributed by atoms with van der Waals surface area (Å²) >= 11 is 0. The van der Waals surface area contributed by atoms with Crippen LogP contribution < -0.4 is 5.43 Å². The van der Waals surface area contributed by atoms with Crippen molar-refractivity contribution in [2.75, 3.05) is 5.43 Å². The van der Waals surface area contributed by atoms with E-state index in [0.29, 0.717) is 0 Å². The highest BCUT2D eigenvalue weighted by Crippen LogP contribution is 2.09. The molecule has 0 unspecified atom stereocenters. The van der Waals surface area contributed by atoms with Gasteiger partial charge in [0.25, 0.3) is 0 Å². The lowest BCUT2D eigenvalue weighted by atomic mass is 10.2. The van der Waals surface area contributed by atoms with Crippen molar-refractivity contribution in [3.63, 3.8) is 0 Å². The third kappa shape index (κ3) is 3.15. The van der Waals surface area contributed by atoms with Gasteiger partial charge in [-0.3, -0.25) is 10.4 Å². The van der Waals surface area contributed by atoms with Gasteiger partial charge in [-0.05, 0) is 30.3 Å². The standard InChI is InChI=1S/C13H11N3O2/c17-13(18)11-3-5-12(6-4-11)16-15-9-10-2-1-7-14-8-10/h1-9,16H,(H,17,18)/b15-9-. The number of hydrazone groups is 1. The molecule has 0 atom stereocenters. The molecule has 1 heterocycles. The maximum atomic E-state index is 10.7. The van der Waals surface area contributed by atoms with Gasteiger partial charge in [0.2, 0.25) is 0 Å². The Morgan fingerprint density at radius 2 is 2.06 bits per heavy atom. The second-order valence-corrected chi connectivity index (χ2v) is 3.54. The minimum absolute atomic E-state index is 0.247. The monoisotopic (exact) mass is 241 g/mol. The zero-order chi connectivity index (χ0) is 12.8. The van der Waals surface area contributed by atoms with Crippen LogP contribution in [0, 0.1) is 0 Å². The number of aromatic carboxylic acids is 1. The number of nitrogens with zero attached hydrogens (tertiary/aromatic N) is 2. The minimum atomic E-state index is -0.944. The van der Waals surface area contributed by atoms with Gasteiger partial charge in [0.15, 0.2) is 0 Å². The summed E-state index contributed by atoms with van der Waals surface area (Å²) < 4.78 is 0. The lowest BCUT2D eigenvalue weighted by molar-refractivity contribution is 0.0697. The molecule has 5 heteroatoms. The van der Waals surface area contributed by atoms with Gasteiger partial charge in [-0.1, -0.05) is 6.07 Å². The van der Waals surface area contributed by atoms with Gasteiger partial charge in [-0.25, -0.2) is 4.79 Å². The first-order valence-corrected chi connectivity index (χ1v) is 5.28. The Bertz CT molecular complexity index is 550. The Hall–Kier alpha value is -2.69. The van der Waals surface area contributed by atoms with Gasteiger partial charge in [-0.15, -0.1) is 0 Å². The van der Waals surface area contributed by atoms with Crippen LogP contribution in [-0.2, 0) is 0 Å². The van der Waals surface area contributed by atoms with Crippen molar-refractivity contribution in [1.82, 2.24) is 4.98 Å². The van der Waals surface area contributed by atoms with E-state index >= 15 is 0 Å². The summed E-state index contributed by atoms with van der Waals surface area (Å²) in [6.07, 6.45) is 5.02. The van der Waals surface area contributed by atoms with Gasteiger partial charge in [0.05, 0.1) is 17.5 Å². The van der Waals surface area contributed by atoms with Gasteiger partial charge in [0, 0.05) is 18.0 Å². The number of pyridine rings is 1. The molecule has 0 saturated heterocycles. The van der Waals surface area contributed by atoms with E-state index in [2.05, 4.69) is 15.5 Å². The van der Waals surface area contributed by atoms with Crippen LogP contribution in [0.15, 0.2) is 53.9 Å². The van der Waals surface area contributed by atoms with E-state index < -0.39 is 5.97 Å². The molecule has 0 amide bonds. The molecule has 0 saturated carbocycles. The number of hydrogen-bond donors (Lipinski definition) is 2. The molecular weight excluding hydrogens is 230 g/mol. The minimum Gasteiger partial charge on any atom is -0.478 e. The molecule has 2 N–H and O–H groups in total. The van der Waals surface area contributed by atoms with Crippen LogP contribution >= 0.6 is 0 Å². The quantitative estimate of drug-likeness (QED) is 0.635. The molecule has 0 fully saturated rings. The van der Waals surface area contributed by atoms with Crippen LogP contribution in [0.25, 0.3) is 0 Å². The molecule has 90 valence electrons. The summed E-state index contributed by atoms with van der Waals surface area (Å²) in [5.41, 5.74) is 4.66. The van der Waals surface area contributed by atoms with E-state index in [1.807, 2.05) is 12.1 Å². The van der Waals surface area contributed by atoms with Crippen LogP contribution in [0.4, 0.5) is 5.69 Å². The average molecular weight is 241 g/mol. The summed E-state index contributed by atoms with van der Waals surface area (Å²) in [5.74, 6) is -0.944. The Balaban J connectivity index is 1.98. The van der Waals surface area contributed by atoms with Crippen molar-refractivity contribution in [3.05, 3.63) is 59.9 Å². The number of anilines is 1. The molecule has 0 bridgehead atoms. The van der Waals surface area contributed by atoms with E-state index in [1.165, 1.54) is 12.1 Å². The molecule has 5 nitrogen and oxygen atoms in total. The number of carboxylic acids is 1. The fourth-order valence-electron chi connectivity index (χ4n) is 1.32. The van der Waals surface area contributed by atoms with Gasteiger partial charge >= 0.3 is 5.97 Å². The Morgan fingerprint density at radius 1 is 1.28 bits per heavy atom. The molecule has 0 aliphatic rings. The third-order valence-corrected chi connectivity index (χ3v) is 2.22. The van der Waals surface area contributed by atoms with Crippen LogP contribution in [0.3, 0.4) is 0 Å². The number of carboxylic acid groups (broad SMARTS) is 1. The summed E-state index contributed by atoms with van der Waals surface area (Å²) in [6.45, 7) is 0. The fourth-order valence-corrected chi connectivity index (χ4v) is 1.32. The summed E-state index contributed by atoms with van der Waals surface area (Å²) in [6, 6.07) is 10.1. The SMILES string of the molecule is O=C(O)c1ccc(N/N=C\c2cccnc2)cc1. The number of benzene rings is 1. The highest BCUT2D eigenvalue weighted by Gasteiger charge is 2.00. The maximum Gasteiger partial charge on any atom is 0.335 e. The number of carbonyl (C=O) groups is 1. The number of aromatic nitrogens is 1. The van der Waals surface area contributed by atoms with E-state index in [1.54, 1.807) is 30.7 Å². The first-order valence-electron chi connectivity index (χ1n) is 5.28. The number of rotatable bonds is 4. The largest absolute Gasteiger partial charge is 0.478 e. The molecular formula is C13H11N3O2. The first-order chi connectivity index (χ1) is 8.75. The zero-order valence-electron chi connectivity index (χ0n) is 9.45. The maximum absolute atomic E-state index is 10.7. The Morgan fingerprint density at radius 3 is 2.67 bits per heavy atom. The Labute approximate surface area is 104 Å². The second-order valence-electron chi connectivity index (χ2n) is 3.54. The molecule has 1 aromatic carbocycles. The molecule has 0 aliphatic heterocycles. The summed E-state index contributed by atoms with van der Waals surface area (Å²) in [4.78, 5) is 14.6. The molecule has 18 heavy (non-hydrogen) atoms.